The Morgan fingerprint density at radius 3 is 1.50 bits per heavy atom. The fraction of sp³-hybridized carbons (Fsp3) is 0.368. The zero-order valence-corrected chi connectivity index (χ0v) is 17.0. The third-order valence-electron chi connectivity index (χ3n) is 5.00. The number of benzene rings is 2. The molecule has 0 aromatic heterocycles. The number of rotatable bonds is 0. The molecule has 1 nitrogen and oxygen atoms in total. The Morgan fingerprint density at radius 2 is 1.14 bits per heavy atom. The van der Waals surface area contributed by atoms with E-state index in [9.17, 15) is 0 Å². The lowest BCUT2D eigenvalue weighted by molar-refractivity contribution is 0.411. The highest BCUT2D eigenvalue weighted by atomic mass is 79.9. The molecular formula is C19H20Br2O. The molecule has 0 N–H and O–H groups in total. The number of halogens is 2. The molecule has 22 heavy (non-hydrogen) atoms. The summed E-state index contributed by atoms with van der Waals surface area (Å²) in [4.78, 5) is 0. The van der Waals surface area contributed by atoms with Gasteiger partial charge in [-0.25, -0.2) is 0 Å². The largest absolute Gasteiger partial charge is 0.454 e. The second-order valence-corrected chi connectivity index (χ2v) is 8.33. The number of hydrogen-bond acceptors (Lipinski definition) is 1. The summed E-state index contributed by atoms with van der Waals surface area (Å²) in [5, 5.41) is 0. The van der Waals surface area contributed by atoms with Gasteiger partial charge in [0.05, 0.1) is 8.95 Å². The molecule has 3 rings (SSSR count). The van der Waals surface area contributed by atoms with Crippen molar-refractivity contribution in [1.29, 1.82) is 0 Å². The summed E-state index contributed by atoms with van der Waals surface area (Å²) < 4.78 is 8.48. The van der Waals surface area contributed by atoms with E-state index < -0.39 is 0 Å². The molecule has 0 amide bonds. The molecule has 0 saturated heterocycles. The molecule has 0 unspecified atom stereocenters. The van der Waals surface area contributed by atoms with Gasteiger partial charge in [-0.3, -0.25) is 0 Å². The highest BCUT2D eigenvalue weighted by Crippen LogP contribution is 2.54. The molecule has 1 aliphatic heterocycles. The van der Waals surface area contributed by atoms with E-state index in [0.717, 1.165) is 20.4 Å². The van der Waals surface area contributed by atoms with Gasteiger partial charge in [0.1, 0.15) is 11.5 Å². The number of ether oxygens (including phenoxy) is 1. The smallest absolute Gasteiger partial charge is 0.146 e. The summed E-state index contributed by atoms with van der Waals surface area (Å²) in [5.41, 5.74) is 7.43. The van der Waals surface area contributed by atoms with E-state index in [4.69, 9.17) is 4.74 Å². The first-order chi connectivity index (χ1) is 10.2. The van der Waals surface area contributed by atoms with Crippen LogP contribution in [0.2, 0.25) is 0 Å². The molecule has 3 heteroatoms. The Balaban J connectivity index is 2.38. The van der Waals surface area contributed by atoms with E-state index in [1.807, 2.05) is 0 Å². The van der Waals surface area contributed by atoms with Crippen molar-refractivity contribution < 1.29 is 4.74 Å². The van der Waals surface area contributed by atoms with Gasteiger partial charge in [-0.1, -0.05) is 26.0 Å². The Labute approximate surface area is 149 Å². The van der Waals surface area contributed by atoms with Crippen molar-refractivity contribution in [3.05, 3.63) is 54.5 Å². The SMILES string of the molecule is Cc1cc2c(c(Br)c1C)Oc1c(cc(C)c(C)c1Br)C2(C)C. The van der Waals surface area contributed by atoms with Crippen molar-refractivity contribution in [3.8, 4) is 11.5 Å². The second kappa shape index (κ2) is 5.10. The van der Waals surface area contributed by atoms with Crippen molar-refractivity contribution >= 4 is 31.9 Å². The van der Waals surface area contributed by atoms with Crippen LogP contribution in [0.15, 0.2) is 21.1 Å². The molecule has 0 atom stereocenters. The molecular weight excluding hydrogens is 404 g/mol. The standard InChI is InChI=1S/C19H20Br2O/c1-9-7-13-17(15(20)11(9)3)22-18-14(19(13,5)6)8-10(2)12(4)16(18)21/h7-8H,1-6H3. The average Bonchev–Trinajstić information content (AvgIpc) is 2.45. The van der Waals surface area contributed by atoms with Gasteiger partial charge in [-0.2, -0.15) is 0 Å². The predicted molar refractivity (Wildman–Crippen MR) is 99.4 cm³/mol. The Kier molecular flexibility index (Phi) is 3.73. The summed E-state index contributed by atoms with van der Waals surface area (Å²) >= 11 is 7.47. The lowest BCUT2D eigenvalue weighted by atomic mass is 9.74. The van der Waals surface area contributed by atoms with Crippen molar-refractivity contribution in [3.63, 3.8) is 0 Å². The first-order valence-electron chi connectivity index (χ1n) is 7.44. The molecule has 0 spiro atoms. The summed E-state index contributed by atoms with van der Waals surface area (Å²) in [6.07, 6.45) is 0. The van der Waals surface area contributed by atoms with Crippen LogP contribution in [-0.2, 0) is 5.41 Å². The van der Waals surface area contributed by atoms with E-state index in [-0.39, 0.29) is 5.41 Å². The van der Waals surface area contributed by atoms with E-state index >= 15 is 0 Å². The van der Waals surface area contributed by atoms with Gasteiger partial charge < -0.3 is 4.74 Å². The molecule has 2 aromatic rings. The normalized spacial score (nSPS) is 15.1. The van der Waals surface area contributed by atoms with Crippen LogP contribution in [0.3, 0.4) is 0 Å². The summed E-state index contributed by atoms with van der Waals surface area (Å²) in [5.74, 6) is 1.90. The van der Waals surface area contributed by atoms with Crippen LogP contribution in [0.4, 0.5) is 0 Å². The van der Waals surface area contributed by atoms with Gasteiger partial charge in [0, 0.05) is 16.5 Å². The molecule has 0 bridgehead atoms. The molecule has 116 valence electrons. The molecule has 0 saturated carbocycles. The Morgan fingerprint density at radius 1 is 0.773 bits per heavy atom. The topological polar surface area (TPSA) is 9.23 Å². The molecule has 1 heterocycles. The number of aryl methyl sites for hydroxylation is 2. The van der Waals surface area contributed by atoms with Gasteiger partial charge in [0.25, 0.3) is 0 Å². The quantitative estimate of drug-likeness (QED) is 0.448. The first-order valence-corrected chi connectivity index (χ1v) is 9.03. The maximum absolute atomic E-state index is 6.35. The lowest BCUT2D eigenvalue weighted by Gasteiger charge is -2.37. The van der Waals surface area contributed by atoms with E-state index in [1.54, 1.807) is 0 Å². The second-order valence-electron chi connectivity index (χ2n) is 6.75. The zero-order valence-electron chi connectivity index (χ0n) is 13.8. The van der Waals surface area contributed by atoms with E-state index in [1.165, 1.54) is 33.4 Å². The van der Waals surface area contributed by atoms with Crippen molar-refractivity contribution in [1.82, 2.24) is 0 Å². The molecule has 0 fully saturated rings. The van der Waals surface area contributed by atoms with Gasteiger partial charge in [0.15, 0.2) is 0 Å². The van der Waals surface area contributed by atoms with Crippen molar-refractivity contribution in [2.24, 2.45) is 0 Å². The van der Waals surface area contributed by atoms with E-state index in [0.29, 0.717) is 0 Å². The maximum Gasteiger partial charge on any atom is 0.146 e. The highest BCUT2D eigenvalue weighted by molar-refractivity contribution is 9.11. The maximum atomic E-state index is 6.35. The van der Waals surface area contributed by atoms with Gasteiger partial charge in [0.2, 0.25) is 0 Å². The van der Waals surface area contributed by atoms with Crippen molar-refractivity contribution in [2.45, 2.75) is 47.0 Å². The first kappa shape index (κ1) is 16.1. The van der Waals surface area contributed by atoms with Crippen LogP contribution >= 0.6 is 31.9 Å². The third kappa shape index (κ3) is 2.09. The Hall–Kier alpha value is -0.800. The summed E-state index contributed by atoms with van der Waals surface area (Å²) in [6, 6.07) is 4.53. The fourth-order valence-electron chi connectivity index (χ4n) is 3.08. The van der Waals surface area contributed by atoms with Crippen LogP contribution in [0.25, 0.3) is 0 Å². The average molecular weight is 424 g/mol. The predicted octanol–water partition coefficient (Wildman–Crippen LogP) is 6.88. The highest BCUT2D eigenvalue weighted by Gasteiger charge is 2.37. The Bertz CT molecular complexity index is 739. The lowest BCUT2D eigenvalue weighted by Crippen LogP contribution is -2.25. The monoisotopic (exact) mass is 422 g/mol. The number of hydrogen-bond donors (Lipinski definition) is 0. The number of fused-ring (bicyclic) bond motifs is 2. The van der Waals surface area contributed by atoms with Crippen LogP contribution in [-0.4, -0.2) is 0 Å². The van der Waals surface area contributed by atoms with Crippen LogP contribution < -0.4 is 4.74 Å². The van der Waals surface area contributed by atoms with Crippen molar-refractivity contribution in [2.75, 3.05) is 0 Å². The minimum atomic E-state index is -0.0924. The van der Waals surface area contributed by atoms with Crippen LogP contribution in [0.5, 0.6) is 11.5 Å². The minimum absolute atomic E-state index is 0.0924. The zero-order chi connectivity index (χ0) is 16.4. The summed E-state index contributed by atoms with van der Waals surface area (Å²) in [6.45, 7) is 13.1. The summed E-state index contributed by atoms with van der Waals surface area (Å²) in [7, 11) is 0. The molecule has 2 aromatic carbocycles. The fourth-order valence-corrected chi connectivity index (χ4v) is 4.29. The molecule has 0 aliphatic carbocycles. The molecule has 0 radical (unpaired) electrons. The van der Waals surface area contributed by atoms with Gasteiger partial charge in [-0.15, -0.1) is 0 Å². The minimum Gasteiger partial charge on any atom is -0.454 e. The van der Waals surface area contributed by atoms with Gasteiger partial charge in [-0.05, 0) is 81.8 Å². The van der Waals surface area contributed by atoms with Gasteiger partial charge >= 0.3 is 0 Å². The van der Waals surface area contributed by atoms with E-state index in [2.05, 4.69) is 85.5 Å². The third-order valence-corrected chi connectivity index (χ3v) is 6.91. The molecule has 1 aliphatic rings. The van der Waals surface area contributed by atoms with Crippen LogP contribution in [0, 0.1) is 27.7 Å². The van der Waals surface area contributed by atoms with Crippen LogP contribution in [0.1, 0.15) is 47.2 Å².